The maximum absolute atomic E-state index is 12.3. The van der Waals surface area contributed by atoms with E-state index in [4.69, 9.17) is 0 Å². The maximum atomic E-state index is 12.3. The van der Waals surface area contributed by atoms with Crippen molar-refractivity contribution in [2.75, 3.05) is 31.3 Å². The predicted octanol–water partition coefficient (Wildman–Crippen LogP) is 3.20. The lowest BCUT2D eigenvalue weighted by Crippen LogP contribution is -2.45. The topological polar surface area (TPSA) is 128 Å². The van der Waals surface area contributed by atoms with Gasteiger partial charge in [0.05, 0.1) is 23.5 Å². The number of hydrogen-bond donors (Lipinski definition) is 4. The Morgan fingerprint density at radius 1 is 1.28 bits per heavy atom. The van der Waals surface area contributed by atoms with Crippen LogP contribution in [0.3, 0.4) is 0 Å². The second-order valence-corrected chi connectivity index (χ2v) is 8.14. The van der Waals surface area contributed by atoms with Gasteiger partial charge in [-0.25, -0.2) is 4.98 Å². The predicted molar refractivity (Wildman–Crippen MR) is 142 cm³/mol. The van der Waals surface area contributed by atoms with Crippen LogP contribution in [0.2, 0.25) is 0 Å². The van der Waals surface area contributed by atoms with Gasteiger partial charge in [-0.2, -0.15) is 10.1 Å². The zero-order valence-electron chi connectivity index (χ0n) is 21.1. The first kappa shape index (κ1) is 26.2. The highest BCUT2D eigenvalue weighted by Crippen LogP contribution is 2.20. The van der Waals surface area contributed by atoms with E-state index in [1.165, 1.54) is 11.0 Å². The summed E-state index contributed by atoms with van der Waals surface area (Å²) in [4.78, 5) is 34.6. The fourth-order valence-corrected chi connectivity index (χ4v) is 3.26. The first-order valence-corrected chi connectivity index (χ1v) is 11.9. The molecule has 2 amide bonds. The van der Waals surface area contributed by atoms with Crippen LogP contribution >= 0.6 is 0 Å². The van der Waals surface area contributed by atoms with Gasteiger partial charge in [0.2, 0.25) is 17.8 Å². The van der Waals surface area contributed by atoms with E-state index in [0.29, 0.717) is 36.7 Å². The standard InChI is InChI=1S/C26H32N8O2/c1-5-6-11-23(35)34(4)18(2)25(36)28-14-9-7-8-10-20-16-29-26(32-24(20)27-3)31-21-13-12-19-17-30-33-22(19)15-21/h6,11-13,15-18H,5,7,9,14H2,1-4H3,(H,28,36)(H,30,33)(H2,27,29,31,32)/b11-6+/t18-/m0/s1. The van der Waals surface area contributed by atoms with Crippen molar-refractivity contribution in [3.63, 3.8) is 0 Å². The highest BCUT2D eigenvalue weighted by Gasteiger charge is 2.20. The van der Waals surface area contributed by atoms with E-state index in [9.17, 15) is 9.59 Å². The highest BCUT2D eigenvalue weighted by molar-refractivity contribution is 5.92. The van der Waals surface area contributed by atoms with Gasteiger partial charge < -0.3 is 20.9 Å². The molecule has 1 aromatic carbocycles. The minimum absolute atomic E-state index is 0.187. The third kappa shape index (κ3) is 7.06. The van der Waals surface area contributed by atoms with Gasteiger partial charge in [-0.05, 0) is 44.0 Å². The monoisotopic (exact) mass is 488 g/mol. The number of aromatic nitrogens is 4. The number of carbonyl (C=O) groups is 2. The molecule has 0 spiro atoms. The lowest BCUT2D eigenvalue weighted by atomic mass is 10.2. The number of likely N-dealkylation sites (N-methyl/N-ethyl adjacent to an activating group) is 1. The van der Waals surface area contributed by atoms with Gasteiger partial charge in [-0.15, -0.1) is 0 Å². The molecule has 4 N–H and O–H groups in total. The molecule has 10 nitrogen and oxygen atoms in total. The Morgan fingerprint density at radius 2 is 2.11 bits per heavy atom. The summed E-state index contributed by atoms with van der Waals surface area (Å²) in [5.41, 5.74) is 2.45. The molecule has 0 unspecified atom stereocenters. The molecule has 3 rings (SSSR count). The molecule has 1 atom stereocenters. The van der Waals surface area contributed by atoms with Crippen molar-refractivity contribution in [2.24, 2.45) is 0 Å². The number of H-pyrrole nitrogens is 1. The number of nitrogens with one attached hydrogen (secondary N) is 4. The lowest BCUT2D eigenvalue weighted by molar-refractivity contribution is -0.135. The maximum Gasteiger partial charge on any atom is 0.246 e. The van der Waals surface area contributed by atoms with Crippen LogP contribution in [-0.2, 0) is 9.59 Å². The number of hydrogen-bond acceptors (Lipinski definition) is 7. The number of rotatable bonds is 10. The lowest BCUT2D eigenvalue weighted by Gasteiger charge is -2.22. The Morgan fingerprint density at radius 3 is 2.89 bits per heavy atom. The van der Waals surface area contributed by atoms with Gasteiger partial charge in [0.1, 0.15) is 11.9 Å². The second kappa shape index (κ2) is 12.9. The Hall–Kier alpha value is -4.39. The number of allylic oxidation sites excluding steroid dienone is 1. The van der Waals surface area contributed by atoms with Crippen LogP contribution in [0.25, 0.3) is 10.9 Å². The molecule has 0 radical (unpaired) electrons. The van der Waals surface area contributed by atoms with Crippen molar-refractivity contribution in [3.8, 4) is 11.8 Å². The molecule has 0 aliphatic heterocycles. The van der Waals surface area contributed by atoms with Gasteiger partial charge in [-0.1, -0.05) is 24.8 Å². The molecule has 188 valence electrons. The number of amides is 2. The number of fused-ring (bicyclic) bond motifs is 1. The van der Waals surface area contributed by atoms with Crippen molar-refractivity contribution in [2.45, 2.75) is 39.2 Å². The summed E-state index contributed by atoms with van der Waals surface area (Å²) >= 11 is 0. The van der Waals surface area contributed by atoms with E-state index in [2.05, 4.69) is 48.0 Å². The Balaban J connectivity index is 1.48. The summed E-state index contributed by atoms with van der Waals surface area (Å²) in [5.74, 6) is 6.89. The Kier molecular flexibility index (Phi) is 9.40. The fourth-order valence-electron chi connectivity index (χ4n) is 3.26. The molecular weight excluding hydrogens is 456 g/mol. The summed E-state index contributed by atoms with van der Waals surface area (Å²) in [7, 11) is 3.41. The molecule has 0 fully saturated rings. The summed E-state index contributed by atoms with van der Waals surface area (Å²) < 4.78 is 0. The molecule has 2 heterocycles. The number of anilines is 3. The number of unbranched alkanes of at least 4 members (excludes halogenated alkanes) is 1. The summed E-state index contributed by atoms with van der Waals surface area (Å²) in [6.45, 7) is 4.14. The first-order valence-electron chi connectivity index (χ1n) is 11.9. The van der Waals surface area contributed by atoms with Crippen molar-refractivity contribution >= 4 is 40.2 Å². The molecule has 36 heavy (non-hydrogen) atoms. The molecule has 10 heteroatoms. The van der Waals surface area contributed by atoms with Crippen LogP contribution in [0.4, 0.5) is 17.5 Å². The van der Waals surface area contributed by atoms with Crippen LogP contribution in [0.1, 0.15) is 38.7 Å². The average molecular weight is 489 g/mol. The Labute approximate surface area is 211 Å². The molecule has 0 saturated carbocycles. The minimum atomic E-state index is -0.547. The fraction of sp³-hybridized carbons (Fsp3) is 0.346. The summed E-state index contributed by atoms with van der Waals surface area (Å²) in [6.07, 6.45) is 8.76. The van der Waals surface area contributed by atoms with Gasteiger partial charge in [0, 0.05) is 38.1 Å². The van der Waals surface area contributed by atoms with Gasteiger partial charge in [0.25, 0.3) is 0 Å². The molecule has 0 saturated heterocycles. The van der Waals surface area contributed by atoms with E-state index < -0.39 is 6.04 Å². The summed E-state index contributed by atoms with van der Waals surface area (Å²) in [6, 6.07) is 5.30. The number of nitrogens with zero attached hydrogens (tertiary/aromatic N) is 4. The van der Waals surface area contributed by atoms with E-state index in [0.717, 1.165) is 23.0 Å². The smallest absolute Gasteiger partial charge is 0.246 e. The number of aromatic amines is 1. The zero-order chi connectivity index (χ0) is 25.9. The molecule has 0 bridgehead atoms. The molecule has 0 aliphatic carbocycles. The van der Waals surface area contributed by atoms with Crippen molar-refractivity contribution in [1.29, 1.82) is 0 Å². The number of carbonyl (C=O) groups excluding carboxylic acids is 2. The molecule has 2 aromatic heterocycles. The highest BCUT2D eigenvalue weighted by atomic mass is 16.2. The number of benzene rings is 1. The third-order valence-electron chi connectivity index (χ3n) is 5.53. The molecule has 0 aliphatic rings. The van der Waals surface area contributed by atoms with Crippen LogP contribution < -0.4 is 16.0 Å². The van der Waals surface area contributed by atoms with E-state index in [1.54, 1.807) is 39.5 Å². The average Bonchev–Trinajstić information content (AvgIpc) is 3.36. The SMILES string of the molecule is CC/C=C/C(=O)N(C)[C@@H](C)C(=O)NCCCC#Cc1cnc(Nc2ccc3cn[nH]c3c2)nc1NC. The Bertz CT molecular complexity index is 1290. The zero-order valence-corrected chi connectivity index (χ0v) is 21.1. The minimum Gasteiger partial charge on any atom is -0.372 e. The van der Waals surface area contributed by atoms with Crippen LogP contribution in [0, 0.1) is 11.8 Å². The van der Waals surface area contributed by atoms with Gasteiger partial charge in [-0.3, -0.25) is 14.7 Å². The van der Waals surface area contributed by atoms with Gasteiger partial charge >= 0.3 is 0 Å². The van der Waals surface area contributed by atoms with Crippen LogP contribution in [-0.4, -0.2) is 63.6 Å². The van der Waals surface area contributed by atoms with Crippen molar-refractivity contribution in [1.82, 2.24) is 30.4 Å². The van der Waals surface area contributed by atoms with Crippen LogP contribution in [0.5, 0.6) is 0 Å². The van der Waals surface area contributed by atoms with E-state index in [1.807, 2.05) is 25.1 Å². The molecular formula is C26H32N8O2. The van der Waals surface area contributed by atoms with Crippen molar-refractivity contribution in [3.05, 3.63) is 48.3 Å². The van der Waals surface area contributed by atoms with Gasteiger partial charge in [0.15, 0.2) is 0 Å². The van der Waals surface area contributed by atoms with Crippen LogP contribution in [0.15, 0.2) is 42.7 Å². The molecule has 3 aromatic rings. The first-order chi connectivity index (χ1) is 17.4. The van der Waals surface area contributed by atoms with E-state index >= 15 is 0 Å². The summed E-state index contributed by atoms with van der Waals surface area (Å²) in [5, 5.41) is 17.1. The largest absolute Gasteiger partial charge is 0.372 e. The quantitative estimate of drug-likeness (QED) is 0.196. The second-order valence-electron chi connectivity index (χ2n) is 8.14. The van der Waals surface area contributed by atoms with Crippen molar-refractivity contribution < 1.29 is 9.59 Å². The normalized spacial score (nSPS) is 11.6. The third-order valence-corrected chi connectivity index (χ3v) is 5.53. The van der Waals surface area contributed by atoms with E-state index in [-0.39, 0.29) is 11.8 Å².